The summed E-state index contributed by atoms with van der Waals surface area (Å²) in [6, 6.07) is 5.99. The monoisotopic (exact) mass is 301 g/mol. The minimum Gasteiger partial charge on any atom is -0.462 e. The van der Waals surface area contributed by atoms with Gasteiger partial charge >= 0.3 is 5.97 Å². The minimum atomic E-state index is -0.457. The number of nitrogens with zero attached hydrogens (tertiary/aromatic N) is 1. The maximum Gasteiger partial charge on any atom is 0.330 e. The van der Waals surface area contributed by atoms with Gasteiger partial charge in [-0.15, -0.1) is 0 Å². The number of non-ortho nitro benzene ring substituents is 1. The first-order valence-electron chi connectivity index (χ1n) is 7.30. The van der Waals surface area contributed by atoms with Gasteiger partial charge in [0.1, 0.15) is 0 Å². The Morgan fingerprint density at radius 2 is 2.00 bits per heavy atom. The zero-order valence-corrected chi connectivity index (χ0v) is 12.5. The van der Waals surface area contributed by atoms with Crippen molar-refractivity contribution >= 4 is 17.7 Å². The maximum absolute atomic E-state index is 11.7. The number of carbonyl (C=O) groups is 1. The van der Waals surface area contributed by atoms with E-state index in [0.29, 0.717) is 18.4 Å². The standard InChI is InChI=1S/C17H19NO4/c1-13-4-2-3-5-15(13)12-22-17(19)11-8-14-6-9-16(10-7-14)18(20)21/h2-3,6-11,13,15H,4-5,12H2,1H3/b11-8+. The van der Waals surface area contributed by atoms with E-state index >= 15 is 0 Å². The van der Waals surface area contributed by atoms with Crippen LogP contribution in [0.5, 0.6) is 0 Å². The molecule has 5 nitrogen and oxygen atoms in total. The lowest BCUT2D eigenvalue weighted by atomic mass is 9.85. The highest BCUT2D eigenvalue weighted by Gasteiger charge is 2.19. The molecular formula is C17H19NO4. The lowest BCUT2D eigenvalue weighted by Gasteiger charge is -2.24. The highest BCUT2D eigenvalue weighted by Crippen LogP contribution is 2.25. The summed E-state index contributed by atoms with van der Waals surface area (Å²) in [4.78, 5) is 21.8. The van der Waals surface area contributed by atoms with Crippen molar-refractivity contribution in [2.45, 2.75) is 19.8 Å². The average molecular weight is 301 g/mol. The molecule has 2 unspecified atom stereocenters. The Labute approximate surface area is 129 Å². The van der Waals surface area contributed by atoms with Gasteiger partial charge in [-0.2, -0.15) is 0 Å². The number of hydrogen-bond donors (Lipinski definition) is 0. The van der Waals surface area contributed by atoms with Crippen LogP contribution in [0.3, 0.4) is 0 Å². The number of carbonyl (C=O) groups excluding carboxylic acids is 1. The van der Waals surface area contributed by atoms with Crippen molar-refractivity contribution in [2.75, 3.05) is 6.61 Å². The molecule has 1 aromatic carbocycles. The summed E-state index contributed by atoms with van der Waals surface area (Å²) in [5.74, 6) is 0.512. The fourth-order valence-corrected chi connectivity index (χ4v) is 2.35. The van der Waals surface area contributed by atoms with E-state index in [1.54, 1.807) is 18.2 Å². The summed E-state index contributed by atoms with van der Waals surface area (Å²) in [7, 11) is 0. The molecule has 0 aliphatic heterocycles. The molecule has 2 atom stereocenters. The van der Waals surface area contributed by atoms with Gasteiger partial charge in [-0.25, -0.2) is 4.79 Å². The van der Waals surface area contributed by atoms with Crippen LogP contribution in [0.25, 0.3) is 6.08 Å². The second-order valence-electron chi connectivity index (χ2n) is 5.49. The second kappa shape index (κ2) is 7.54. The lowest BCUT2D eigenvalue weighted by molar-refractivity contribution is -0.384. The van der Waals surface area contributed by atoms with E-state index in [4.69, 9.17) is 4.74 Å². The van der Waals surface area contributed by atoms with Crippen LogP contribution in [0, 0.1) is 22.0 Å². The first kappa shape index (κ1) is 15.9. The Bertz CT molecular complexity index is 589. The van der Waals surface area contributed by atoms with Crippen LogP contribution in [-0.4, -0.2) is 17.5 Å². The highest BCUT2D eigenvalue weighted by molar-refractivity contribution is 5.87. The summed E-state index contributed by atoms with van der Waals surface area (Å²) in [6.45, 7) is 2.59. The molecule has 0 saturated heterocycles. The molecule has 0 radical (unpaired) electrons. The molecule has 5 heteroatoms. The van der Waals surface area contributed by atoms with Crippen LogP contribution < -0.4 is 0 Å². The fourth-order valence-electron chi connectivity index (χ4n) is 2.35. The topological polar surface area (TPSA) is 69.4 Å². The average Bonchev–Trinajstić information content (AvgIpc) is 2.52. The quantitative estimate of drug-likeness (QED) is 0.273. The Hall–Kier alpha value is -2.43. The summed E-state index contributed by atoms with van der Waals surface area (Å²) in [6.07, 6.45) is 9.21. The zero-order chi connectivity index (χ0) is 15.9. The molecule has 0 saturated carbocycles. The molecule has 0 heterocycles. The normalized spacial score (nSPS) is 21.0. The van der Waals surface area contributed by atoms with Gasteiger partial charge in [0.15, 0.2) is 0 Å². The smallest absolute Gasteiger partial charge is 0.330 e. The van der Waals surface area contributed by atoms with Crippen molar-refractivity contribution in [1.82, 2.24) is 0 Å². The molecule has 1 aliphatic carbocycles. The van der Waals surface area contributed by atoms with Crippen molar-refractivity contribution in [3.63, 3.8) is 0 Å². The third-order valence-corrected chi connectivity index (χ3v) is 3.87. The van der Waals surface area contributed by atoms with Crippen LogP contribution in [0.2, 0.25) is 0 Å². The van der Waals surface area contributed by atoms with Gasteiger partial charge in [-0.3, -0.25) is 10.1 Å². The van der Waals surface area contributed by atoms with Crippen LogP contribution in [0.1, 0.15) is 25.3 Å². The third-order valence-electron chi connectivity index (χ3n) is 3.87. The van der Waals surface area contributed by atoms with Crippen LogP contribution in [-0.2, 0) is 9.53 Å². The van der Waals surface area contributed by atoms with E-state index in [0.717, 1.165) is 18.4 Å². The van der Waals surface area contributed by atoms with E-state index in [9.17, 15) is 14.9 Å². The molecule has 2 rings (SSSR count). The van der Waals surface area contributed by atoms with E-state index in [1.165, 1.54) is 18.2 Å². The molecule has 1 aromatic rings. The van der Waals surface area contributed by atoms with Gasteiger partial charge in [0.2, 0.25) is 0 Å². The predicted molar refractivity (Wildman–Crippen MR) is 84.1 cm³/mol. The Kier molecular flexibility index (Phi) is 5.47. The minimum absolute atomic E-state index is 0.0269. The van der Waals surface area contributed by atoms with E-state index in [-0.39, 0.29) is 11.7 Å². The van der Waals surface area contributed by atoms with Gasteiger partial charge in [0.25, 0.3) is 5.69 Å². The molecule has 0 N–H and O–H groups in total. The van der Waals surface area contributed by atoms with Crippen molar-refractivity contribution in [3.05, 3.63) is 58.2 Å². The van der Waals surface area contributed by atoms with Gasteiger partial charge < -0.3 is 4.74 Å². The highest BCUT2D eigenvalue weighted by atomic mass is 16.6. The molecule has 1 aliphatic rings. The Morgan fingerprint density at radius 3 is 2.64 bits per heavy atom. The Balaban J connectivity index is 1.83. The number of ether oxygens (including phenoxy) is 1. The van der Waals surface area contributed by atoms with E-state index < -0.39 is 4.92 Å². The fraction of sp³-hybridized carbons (Fsp3) is 0.353. The first-order chi connectivity index (χ1) is 10.6. The number of nitro benzene ring substituents is 1. The van der Waals surface area contributed by atoms with E-state index in [2.05, 4.69) is 19.1 Å². The number of hydrogen-bond acceptors (Lipinski definition) is 4. The molecule has 22 heavy (non-hydrogen) atoms. The van der Waals surface area contributed by atoms with Gasteiger partial charge in [0.05, 0.1) is 11.5 Å². The van der Waals surface area contributed by atoms with Gasteiger partial charge in [0, 0.05) is 18.2 Å². The summed E-state index contributed by atoms with van der Waals surface area (Å²) >= 11 is 0. The predicted octanol–water partition coefficient (Wildman–Crippen LogP) is 3.75. The summed E-state index contributed by atoms with van der Waals surface area (Å²) < 4.78 is 5.27. The van der Waals surface area contributed by atoms with Crippen molar-refractivity contribution in [3.8, 4) is 0 Å². The Morgan fingerprint density at radius 1 is 1.32 bits per heavy atom. The summed E-state index contributed by atoms with van der Waals surface area (Å²) in [5, 5.41) is 10.5. The SMILES string of the molecule is CC1CC=CCC1COC(=O)/C=C/c1ccc([N+](=O)[O-])cc1. The molecule has 0 aromatic heterocycles. The number of allylic oxidation sites excluding steroid dienone is 2. The number of nitro groups is 1. The first-order valence-corrected chi connectivity index (χ1v) is 7.30. The van der Waals surface area contributed by atoms with Crippen molar-refractivity contribution in [2.24, 2.45) is 11.8 Å². The van der Waals surface area contributed by atoms with Crippen LogP contribution >= 0.6 is 0 Å². The molecule has 0 spiro atoms. The van der Waals surface area contributed by atoms with E-state index in [1.807, 2.05) is 0 Å². The lowest BCUT2D eigenvalue weighted by Crippen LogP contribution is -2.21. The molecular weight excluding hydrogens is 282 g/mol. The second-order valence-corrected chi connectivity index (χ2v) is 5.49. The maximum atomic E-state index is 11.7. The number of esters is 1. The van der Waals surface area contributed by atoms with Crippen molar-refractivity contribution < 1.29 is 14.5 Å². The van der Waals surface area contributed by atoms with Gasteiger partial charge in [-0.1, -0.05) is 19.1 Å². The summed E-state index contributed by atoms with van der Waals surface area (Å²) in [5.41, 5.74) is 0.746. The van der Waals surface area contributed by atoms with Crippen LogP contribution in [0.4, 0.5) is 5.69 Å². The van der Waals surface area contributed by atoms with Crippen molar-refractivity contribution in [1.29, 1.82) is 0 Å². The molecule has 116 valence electrons. The molecule has 0 fully saturated rings. The molecule has 0 amide bonds. The van der Waals surface area contributed by atoms with Crippen LogP contribution in [0.15, 0.2) is 42.5 Å². The third kappa shape index (κ3) is 4.55. The zero-order valence-electron chi connectivity index (χ0n) is 12.5. The molecule has 0 bridgehead atoms. The largest absolute Gasteiger partial charge is 0.462 e. The van der Waals surface area contributed by atoms with Gasteiger partial charge in [-0.05, 0) is 48.4 Å². The number of benzene rings is 1. The number of rotatable bonds is 5.